The zero-order chi connectivity index (χ0) is 18.4. The number of aliphatic carboxylic acids is 1. The van der Waals surface area contributed by atoms with Gasteiger partial charge in [0.25, 0.3) is 0 Å². The van der Waals surface area contributed by atoms with E-state index in [0.717, 1.165) is 24.3 Å². The number of halogens is 1. The molecule has 0 fully saturated rings. The summed E-state index contributed by atoms with van der Waals surface area (Å²) in [7, 11) is -4.04. The first kappa shape index (κ1) is 17.1. The lowest BCUT2D eigenvalue weighted by Gasteiger charge is -2.08. The van der Waals surface area contributed by atoms with Crippen molar-refractivity contribution >= 4 is 21.3 Å². The van der Waals surface area contributed by atoms with Crippen LogP contribution in [0.4, 0.5) is 4.39 Å². The predicted octanol–water partition coefficient (Wildman–Crippen LogP) is 2.34. The van der Waals surface area contributed by atoms with Gasteiger partial charge < -0.3 is 14.6 Å². The monoisotopic (exact) mass is 363 g/mol. The summed E-state index contributed by atoms with van der Waals surface area (Å²) >= 11 is 0. The lowest BCUT2D eigenvalue weighted by Crippen LogP contribution is -2.14. The zero-order valence-corrected chi connectivity index (χ0v) is 13.9. The standard InChI is InChI=1S/C17H14FNO5S/c1-10-14(15(20)17(21)22)19-9-3-2-4-13(19)16(10)25(23,24)12-7-5-11(18)6-8-12/h2-9,15,20H,1H3,(H,21,22). The fraction of sp³-hybridized carbons (Fsp3) is 0.118. The summed E-state index contributed by atoms with van der Waals surface area (Å²) in [6.07, 6.45) is -0.403. The number of sulfone groups is 1. The van der Waals surface area contributed by atoms with E-state index in [1.807, 2.05) is 0 Å². The number of aliphatic hydroxyl groups excluding tert-OH is 1. The molecule has 0 aliphatic carbocycles. The molecule has 0 amide bonds. The van der Waals surface area contributed by atoms with Crippen molar-refractivity contribution in [3.63, 3.8) is 0 Å². The number of aromatic nitrogens is 1. The van der Waals surface area contributed by atoms with Crippen LogP contribution in [0.25, 0.3) is 5.52 Å². The molecular weight excluding hydrogens is 349 g/mol. The number of pyridine rings is 1. The molecule has 1 atom stereocenters. The first-order valence-electron chi connectivity index (χ1n) is 7.26. The second-order valence-corrected chi connectivity index (χ2v) is 7.38. The Labute approximate surface area is 142 Å². The van der Waals surface area contributed by atoms with Crippen molar-refractivity contribution < 1.29 is 27.8 Å². The highest BCUT2D eigenvalue weighted by atomic mass is 32.2. The van der Waals surface area contributed by atoms with Gasteiger partial charge in [-0.25, -0.2) is 17.6 Å². The predicted molar refractivity (Wildman–Crippen MR) is 86.6 cm³/mol. The van der Waals surface area contributed by atoms with Crippen LogP contribution in [0.2, 0.25) is 0 Å². The molecule has 1 unspecified atom stereocenters. The van der Waals surface area contributed by atoms with Gasteiger partial charge >= 0.3 is 5.97 Å². The molecule has 0 saturated heterocycles. The first-order valence-corrected chi connectivity index (χ1v) is 8.74. The van der Waals surface area contributed by atoms with Crippen LogP contribution >= 0.6 is 0 Å². The van der Waals surface area contributed by atoms with Crippen LogP contribution in [-0.2, 0) is 14.6 Å². The highest BCUT2D eigenvalue weighted by Gasteiger charge is 2.31. The fourth-order valence-corrected chi connectivity index (χ4v) is 4.53. The number of hydrogen-bond donors (Lipinski definition) is 2. The molecule has 0 radical (unpaired) electrons. The Bertz CT molecular complexity index is 1070. The first-order chi connectivity index (χ1) is 11.7. The Morgan fingerprint density at radius 1 is 1.16 bits per heavy atom. The average molecular weight is 363 g/mol. The molecule has 25 heavy (non-hydrogen) atoms. The van der Waals surface area contributed by atoms with Gasteiger partial charge in [0.05, 0.1) is 16.1 Å². The Hall–Kier alpha value is -2.71. The molecule has 2 aromatic heterocycles. The molecule has 2 heterocycles. The Morgan fingerprint density at radius 2 is 1.80 bits per heavy atom. The average Bonchev–Trinajstić information content (AvgIpc) is 2.86. The Kier molecular flexibility index (Phi) is 4.09. The smallest absolute Gasteiger partial charge is 0.338 e. The fourth-order valence-electron chi connectivity index (χ4n) is 2.85. The van der Waals surface area contributed by atoms with Crippen LogP contribution in [0.5, 0.6) is 0 Å². The SMILES string of the molecule is Cc1c(S(=O)(=O)c2ccc(F)cc2)c2ccccn2c1C(O)C(=O)O. The molecule has 0 saturated carbocycles. The van der Waals surface area contributed by atoms with Crippen molar-refractivity contribution in [2.75, 3.05) is 0 Å². The van der Waals surface area contributed by atoms with E-state index < -0.39 is 27.7 Å². The maximum atomic E-state index is 13.1. The largest absolute Gasteiger partial charge is 0.479 e. The van der Waals surface area contributed by atoms with Gasteiger partial charge in [0.15, 0.2) is 6.10 Å². The Morgan fingerprint density at radius 3 is 2.40 bits per heavy atom. The molecule has 0 aliphatic rings. The van der Waals surface area contributed by atoms with Gasteiger partial charge in [-0.2, -0.15) is 0 Å². The number of benzene rings is 1. The number of fused-ring (bicyclic) bond motifs is 1. The number of carboxylic acids is 1. The molecule has 8 heteroatoms. The molecule has 3 aromatic rings. The van der Waals surface area contributed by atoms with E-state index in [2.05, 4.69) is 0 Å². The van der Waals surface area contributed by atoms with Crippen molar-refractivity contribution in [2.24, 2.45) is 0 Å². The third-order valence-corrected chi connectivity index (χ3v) is 5.91. The van der Waals surface area contributed by atoms with E-state index in [0.29, 0.717) is 0 Å². The van der Waals surface area contributed by atoms with Crippen LogP contribution < -0.4 is 0 Å². The summed E-state index contributed by atoms with van der Waals surface area (Å²) in [5, 5.41) is 19.1. The summed E-state index contributed by atoms with van der Waals surface area (Å²) in [6.45, 7) is 1.44. The molecule has 1 aromatic carbocycles. The number of carboxylic acid groups (broad SMARTS) is 1. The van der Waals surface area contributed by atoms with Crippen molar-refractivity contribution in [3.05, 3.63) is 65.7 Å². The summed E-state index contributed by atoms with van der Waals surface area (Å²) in [4.78, 5) is 11.0. The highest BCUT2D eigenvalue weighted by Crippen LogP contribution is 2.34. The molecule has 2 N–H and O–H groups in total. The highest BCUT2D eigenvalue weighted by molar-refractivity contribution is 7.91. The van der Waals surface area contributed by atoms with Crippen molar-refractivity contribution in [1.82, 2.24) is 4.40 Å². The van der Waals surface area contributed by atoms with Crippen LogP contribution in [0.15, 0.2) is 58.5 Å². The second-order valence-electron chi connectivity index (χ2n) is 5.49. The molecule has 0 spiro atoms. The van der Waals surface area contributed by atoms with E-state index in [9.17, 15) is 22.7 Å². The van der Waals surface area contributed by atoms with Gasteiger partial charge in [0, 0.05) is 6.20 Å². The van der Waals surface area contributed by atoms with Gasteiger partial charge in [-0.3, -0.25) is 0 Å². The topological polar surface area (TPSA) is 96.1 Å². The summed E-state index contributed by atoms with van der Waals surface area (Å²) < 4.78 is 40.5. The van der Waals surface area contributed by atoms with Crippen LogP contribution in [0.3, 0.4) is 0 Å². The Balaban J connectivity index is 2.35. The van der Waals surface area contributed by atoms with E-state index in [1.165, 1.54) is 23.6 Å². The van der Waals surface area contributed by atoms with E-state index in [4.69, 9.17) is 5.11 Å². The van der Waals surface area contributed by atoms with Gasteiger partial charge in [-0.1, -0.05) is 6.07 Å². The van der Waals surface area contributed by atoms with Crippen LogP contribution in [0, 0.1) is 12.7 Å². The quantitative estimate of drug-likeness (QED) is 0.694. The lowest BCUT2D eigenvalue weighted by molar-refractivity contribution is -0.147. The van der Waals surface area contributed by atoms with Gasteiger partial charge in [-0.05, 0) is 48.9 Å². The number of hydrogen-bond acceptors (Lipinski definition) is 4. The van der Waals surface area contributed by atoms with Crippen molar-refractivity contribution in [2.45, 2.75) is 22.8 Å². The van der Waals surface area contributed by atoms with Crippen LogP contribution in [0.1, 0.15) is 17.4 Å². The number of carbonyl (C=O) groups is 1. The second kappa shape index (κ2) is 5.98. The third-order valence-electron chi connectivity index (χ3n) is 3.96. The van der Waals surface area contributed by atoms with E-state index in [-0.39, 0.29) is 26.6 Å². The molecule has 3 rings (SSSR count). The maximum Gasteiger partial charge on any atom is 0.338 e. The third kappa shape index (κ3) is 2.69. The van der Waals surface area contributed by atoms with Crippen molar-refractivity contribution in [3.8, 4) is 0 Å². The van der Waals surface area contributed by atoms with Crippen molar-refractivity contribution in [1.29, 1.82) is 0 Å². The zero-order valence-electron chi connectivity index (χ0n) is 13.0. The van der Waals surface area contributed by atoms with Crippen LogP contribution in [-0.4, -0.2) is 29.0 Å². The van der Waals surface area contributed by atoms with Gasteiger partial charge in [-0.15, -0.1) is 0 Å². The minimum Gasteiger partial charge on any atom is -0.479 e. The summed E-state index contributed by atoms with van der Waals surface area (Å²) in [5.41, 5.74) is 0.328. The molecule has 0 bridgehead atoms. The van der Waals surface area contributed by atoms with E-state index in [1.54, 1.807) is 12.1 Å². The number of nitrogens with zero attached hydrogens (tertiary/aromatic N) is 1. The van der Waals surface area contributed by atoms with Gasteiger partial charge in [0.2, 0.25) is 9.84 Å². The van der Waals surface area contributed by atoms with E-state index >= 15 is 0 Å². The molecule has 6 nitrogen and oxygen atoms in total. The minimum atomic E-state index is -4.04. The molecule has 0 aliphatic heterocycles. The number of rotatable bonds is 4. The molecule has 130 valence electrons. The molecular formula is C17H14FNO5S. The lowest BCUT2D eigenvalue weighted by atomic mass is 10.2. The normalized spacial score (nSPS) is 13.1. The summed E-state index contributed by atoms with van der Waals surface area (Å²) in [5.74, 6) is -2.06. The number of aliphatic hydroxyl groups is 1. The van der Waals surface area contributed by atoms with Gasteiger partial charge in [0.1, 0.15) is 10.7 Å². The minimum absolute atomic E-state index is 0.0382. The summed E-state index contributed by atoms with van der Waals surface area (Å²) in [6, 6.07) is 9.07. The maximum absolute atomic E-state index is 13.1.